The van der Waals surface area contributed by atoms with E-state index >= 15 is 0 Å². The smallest absolute Gasteiger partial charge is 0.245 e. The largest absolute Gasteiger partial charge is 0.396 e. The molecule has 0 aliphatic carbocycles. The fourth-order valence-corrected chi connectivity index (χ4v) is 2.88. The molecule has 0 saturated carbocycles. The van der Waals surface area contributed by atoms with E-state index in [0.717, 1.165) is 25.8 Å². The van der Waals surface area contributed by atoms with Gasteiger partial charge in [0.1, 0.15) is 0 Å². The molecule has 19 heavy (non-hydrogen) atoms. The summed E-state index contributed by atoms with van der Waals surface area (Å²) in [4.78, 5) is 13.6. The molecule has 0 bridgehead atoms. The van der Waals surface area contributed by atoms with Crippen LogP contribution in [0.5, 0.6) is 0 Å². The van der Waals surface area contributed by atoms with Gasteiger partial charge in [-0.1, -0.05) is 36.9 Å². The van der Waals surface area contributed by atoms with Crippen LogP contribution in [0.1, 0.15) is 18.4 Å². The monoisotopic (exact) mass is 259 g/mol. The molecule has 1 aromatic rings. The van der Waals surface area contributed by atoms with Gasteiger partial charge in [0.05, 0.1) is 6.61 Å². The van der Waals surface area contributed by atoms with Crippen LogP contribution in [-0.4, -0.2) is 35.6 Å². The van der Waals surface area contributed by atoms with Crippen molar-refractivity contribution in [2.45, 2.75) is 19.3 Å². The second-order valence-electron chi connectivity index (χ2n) is 5.39. The van der Waals surface area contributed by atoms with Crippen LogP contribution in [0.4, 0.5) is 0 Å². The fourth-order valence-electron chi connectivity index (χ4n) is 2.88. The van der Waals surface area contributed by atoms with Crippen molar-refractivity contribution in [3.8, 4) is 0 Å². The summed E-state index contributed by atoms with van der Waals surface area (Å²) in [6, 6.07) is 10.2. The minimum atomic E-state index is -0.210. The zero-order valence-corrected chi connectivity index (χ0v) is 11.2. The summed E-state index contributed by atoms with van der Waals surface area (Å²) in [5, 5.41) is 9.81. The lowest BCUT2D eigenvalue weighted by atomic mass is 9.75. The Morgan fingerprint density at radius 2 is 2.16 bits per heavy atom. The maximum Gasteiger partial charge on any atom is 0.245 e. The third-order valence-corrected chi connectivity index (χ3v) is 3.91. The lowest BCUT2D eigenvalue weighted by Crippen LogP contribution is -2.48. The van der Waals surface area contributed by atoms with Crippen LogP contribution in [-0.2, 0) is 11.2 Å². The molecule has 1 aliphatic heterocycles. The van der Waals surface area contributed by atoms with E-state index in [0.29, 0.717) is 6.54 Å². The van der Waals surface area contributed by atoms with Crippen molar-refractivity contribution in [3.63, 3.8) is 0 Å². The highest BCUT2D eigenvalue weighted by atomic mass is 16.3. The third kappa shape index (κ3) is 3.24. The van der Waals surface area contributed by atoms with Gasteiger partial charge in [-0.2, -0.15) is 0 Å². The van der Waals surface area contributed by atoms with Crippen molar-refractivity contribution >= 4 is 5.91 Å². The van der Waals surface area contributed by atoms with Crippen LogP contribution < -0.4 is 0 Å². The lowest BCUT2D eigenvalue weighted by Gasteiger charge is -2.41. The van der Waals surface area contributed by atoms with E-state index in [-0.39, 0.29) is 17.9 Å². The van der Waals surface area contributed by atoms with E-state index in [9.17, 15) is 9.90 Å². The molecule has 102 valence electrons. The highest BCUT2D eigenvalue weighted by Crippen LogP contribution is 2.33. The van der Waals surface area contributed by atoms with Crippen molar-refractivity contribution in [2.75, 3.05) is 19.7 Å². The third-order valence-electron chi connectivity index (χ3n) is 3.91. The Labute approximate surface area is 114 Å². The second-order valence-corrected chi connectivity index (χ2v) is 5.39. The highest BCUT2D eigenvalue weighted by Gasteiger charge is 2.36. The van der Waals surface area contributed by atoms with E-state index in [1.165, 1.54) is 11.6 Å². The number of nitrogens with zero attached hydrogens (tertiary/aromatic N) is 1. The number of likely N-dealkylation sites (tertiary alicyclic amines) is 1. The number of amides is 1. The van der Waals surface area contributed by atoms with Crippen molar-refractivity contribution in [3.05, 3.63) is 48.6 Å². The Kier molecular flexibility index (Phi) is 4.38. The first kappa shape index (κ1) is 13.8. The average Bonchev–Trinajstić information content (AvgIpc) is 2.47. The number of hydrogen-bond acceptors (Lipinski definition) is 2. The first-order valence-electron chi connectivity index (χ1n) is 6.75. The molecule has 1 atom stereocenters. The van der Waals surface area contributed by atoms with Gasteiger partial charge in [-0.3, -0.25) is 4.79 Å². The second kappa shape index (κ2) is 6.02. The fraction of sp³-hybridized carbons (Fsp3) is 0.438. The molecule has 0 spiro atoms. The van der Waals surface area contributed by atoms with Gasteiger partial charge in [-0.15, -0.1) is 0 Å². The number of piperidine rings is 1. The van der Waals surface area contributed by atoms with Gasteiger partial charge in [-0.25, -0.2) is 0 Å². The van der Waals surface area contributed by atoms with Gasteiger partial charge in [0, 0.05) is 18.5 Å². The molecular weight excluding hydrogens is 238 g/mol. The van der Waals surface area contributed by atoms with Crippen LogP contribution in [0.3, 0.4) is 0 Å². The van der Waals surface area contributed by atoms with Gasteiger partial charge in [0.15, 0.2) is 0 Å². The number of aliphatic hydroxyl groups is 1. The number of benzene rings is 1. The van der Waals surface area contributed by atoms with E-state index in [4.69, 9.17) is 0 Å². The molecule has 1 N–H and O–H groups in total. The number of carbonyl (C=O) groups is 1. The van der Waals surface area contributed by atoms with E-state index in [1.807, 2.05) is 18.2 Å². The van der Waals surface area contributed by atoms with Crippen LogP contribution in [0.15, 0.2) is 43.0 Å². The van der Waals surface area contributed by atoms with Crippen LogP contribution >= 0.6 is 0 Å². The standard InChI is InChI=1S/C16H21NO2/c1-2-15(19)17-10-6-9-16(12-17,13-18)11-14-7-4-3-5-8-14/h2-5,7-8,18H,1,6,9-13H2. The molecule has 1 amide bonds. The van der Waals surface area contributed by atoms with Gasteiger partial charge < -0.3 is 10.0 Å². The Morgan fingerprint density at radius 3 is 2.79 bits per heavy atom. The maximum atomic E-state index is 11.7. The van der Waals surface area contributed by atoms with Gasteiger partial charge in [-0.05, 0) is 30.9 Å². The molecule has 1 heterocycles. The van der Waals surface area contributed by atoms with Crippen LogP contribution in [0.2, 0.25) is 0 Å². The first-order valence-corrected chi connectivity index (χ1v) is 6.75. The first-order chi connectivity index (χ1) is 9.19. The zero-order chi connectivity index (χ0) is 13.7. The highest BCUT2D eigenvalue weighted by molar-refractivity contribution is 5.87. The predicted octanol–water partition coefficient (Wildman–Crippen LogP) is 2.02. The van der Waals surface area contributed by atoms with Crippen molar-refractivity contribution < 1.29 is 9.90 Å². The molecule has 1 saturated heterocycles. The molecule has 2 rings (SSSR count). The number of aliphatic hydroxyl groups excluding tert-OH is 1. The molecule has 1 aromatic carbocycles. The number of rotatable bonds is 4. The summed E-state index contributed by atoms with van der Waals surface area (Å²) in [5.74, 6) is -0.0365. The zero-order valence-electron chi connectivity index (χ0n) is 11.2. The van der Waals surface area contributed by atoms with E-state index in [1.54, 1.807) is 4.90 Å². The molecule has 0 radical (unpaired) electrons. The summed E-state index contributed by atoms with van der Waals surface area (Å²) in [6.45, 7) is 5.03. The summed E-state index contributed by atoms with van der Waals surface area (Å²) >= 11 is 0. The Balaban J connectivity index is 2.13. The topological polar surface area (TPSA) is 40.5 Å². The normalized spacial score (nSPS) is 23.1. The number of carbonyl (C=O) groups excluding carboxylic acids is 1. The Hall–Kier alpha value is -1.61. The summed E-state index contributed by atoms with van der Waals surface area (Å²) in [7, 11) is 0. The van der Waals surface area contributed by atoms with Crippen LogP contribution in [0, 0.1) is 5.41 Å². The SMILES string of the molecule is C=CC(=O)N1CCCC(CO)(Cc2ccccc2)C1. The molecular formula is C16H21NO2. The molecule has 3 nitrogen and oxygen atoms in total. The molecule has 3 heteroatoms. The summed E-state index contributed by atoms with van der Waals surface area (Å²) in [6.07, 6.45) is 4.06. The quantitative estimate of drug-likeness (QED) is 0.840. The molecule has 1 aliphatic rings. The van der Waals surface area contributed by atoms with E-state index < -0.39 is 0 Å². The maximum absolute atomic E-state index is 11.7. The lowest BCUT2D eigenvalue weighted by molar-refractivity contribution is -0.130. The van der Waals surface area contributed by atoms with Crippen molar-refractivity contribution in [2.24, 2.45) is 5.41 Å². The molecule has 0 aromatic heterocycles. The Morgan fingerprint density at radius 1 is 1.42 bits per heavy atom. The minimum Gasteiger partial charge on any atom is -0.396 e. The Bertz CT molecular complexity index is 443. The summed E-state index contributed by atoms with van der Waals surface area (Å²) < 4.78 is 0. The predicted molar refractivity (Wildman–Crippen MR) is 75.7 cm³/mol. The van der Waals surface area contributed by atoms with Gasteiger partial charge in [0.2, 0.25) is 5.91 Å². The summed E-state index contributed by atoms with van der Waals surface area (Å²) in [5.41, 5.74) is 1.00. The van der Waals surface area contributed by atoms with E-state index in [2.05, 4.69) is 18.7 Å². The van der Waals surface area contributed by atoms with Gasteiger partial charge in [0.25, 0.3) is 0 Å². The minimum absolute atomic E-state index is 0.0365. The molecule has 1 unspecified atom stereocenters. The van der Waals surface area contributed by atoms with Crippen molar-refractivity contribution in [1.82, 2.24) is 4.90 Å². The molecule has 1 fully saturated rings. The van der Waals surface area contributed by atoms with Crippen LogP contribution in [0.25, 0.3) is 0 Å². The number of hydrogen-bond donors (Lipinski definition) is 1. The van der Waals surface area contributed by atoms with Gasteiger partial charge >= 0.3 is 0 Å². The average molecular weight is 259 g/mol. The van der Waals surface area contributed by atoms with Crippen molar-refractivity contribution in [1.29, 1.82) is 0 Å².